The molecule has 0 fully saturated rings. The number of nitro groups is 1. The fourth-order valence-electron chi connectivity index (χ4n) is 1.66. The van der Waals surface area contributed by atoms with Crippen LogP contribution in [0.1, 0.15) is 39.5 Å². The van der Waals surface area contributed by atoms with E-state index in [4.69, 9.17) is 0 Å². The van der Waals surface area contributed by atoms with E-state index in [2.05, 4.69) is 29.8 Å². The molecule has 0 aliphatic rings. The van der Waals surface area contributed by atoms with Crippen LogP contribution in [0.2, 0.25) is 0 Å². The molecule has 0 atom stereocenters. The maximum atomic E-state index is 11.0. The standard InChI is InChI=1S/C14H18BrNO2S/c1-3-7-11(15)13(8-4-2)19-14-10-6-5-9-12(14)16(17)18/h5-6,9-10H,3-4,7-8H2,1-2H3/b13-11+. The van der Waals surface area contributed by atoms with Crippen LogP contribution >= 0.6 is 27.7 Å². The molecule has 104 valence electrons. The Kier molecular flexibility index (Phi) is 7.16. The minimum absolute atomic E-state index is 0.179. The van der Waals surface area contributed by atoms with Crippen LogP contribution in [0.4, 0.5) is 5.69 Å². The van der Waals surface area contributed by atoms with Crippen LogP contribution in [0.25, 0.3) is 0 Å². The van der Waals surface area contributed by atoms with Gasteiger partial charge in [-0.15, -0.1) is 0 Å². The van der Waals surface area contributed by atoms with Crippen molar-refractivity contribution in [1.29, 1.82) is 0 Å². The summed E-state index contributed by atoms with van der Waals surface area (Å²) in [5.74, 6) is 0. The van der Waals surface area contributed by atoms with E-state index in [1.165, 1.54) is 21.1 Å². The van der Waals surface area contributed by atoms with E-state index < -0.39 is 0 Å². The molecular weight excluding hydrogens is 326 g/mol. The number of para-hydroxylation sites is 1. The summed E-state index contributed by atoms with van der Waals surface area (Å²) in [6.45, 7) is 4.24. The average molecular weight is 344 g/mol. The third-order valence-corrected chi connectivity index (χ3v) is 4.94. The van der Waals surface area contributed by atoms with Gasteiger partial charge in [0.25, 0.3) is 5.69 Å². The van der Waals surface area contributed by atoms with Crippen LogP contribution in [-0.4, -0.2) is 4.92 Å². The molecule has 0 saturated heterocycles. The minimum Gasteiger partial charge on any atom is -0.258 e. The highest BCUT2D eigenvalue weighted by Crippen LogP contribution is 2.39. The van der Waals surface area contributed by atoms with Gasteiger partial charge in [-0.05, 0) is 18.9 Å². The fraction of sp³-hybridized carbons (Fsp3) is 0.429. The normalized spacial score (nSPS) is 12.2. The maximum Gasteiger partial charge on any atom is 0.283 e. The molecule has 0 N–H and O–H groups in total. The van der Waals surface area contributed by atoms with Crippen molar-refractivity contribution in [2.24, 2.45) is 0 Å². The zero-order valence-corrected chi connectivity index (χ0v) is 13.6. The maximum absolute atomic E-state index is 11.0. The summed E-state index contributed by atoms with van der Waals surface area (Å²) in [6.07, 6.45) is 4.01. The van der Waals surface area contributed by atoms with E-state index in [1.54, 1.807) is 12.1 Å². The lowest BCUT2D eigenvalue weighted by Gasteiger charge is -2.10. The van der Waals surface area contributed by atoms with E-state index in [0.29, 0.717) is 4.90 Å². The van der Waals surface area contributed by atoms with Gasteiger partial charge in [-0.3, -0.25) is 10.1 Å². The lowest BCUT2D eigenvalue weighted by molar-refractivity contribution is -0.387. The fourth-order valence-corrected chi connectivity index (χ4v) is 3.67. The Balaban J connectivity index is 3.03. The Labute approximate surface area is 126 Å². The quantitative estimate of drug-likeness (QED) is 0.352. The number of nitrogens with zero attached hydrogens (tertiary/aromatic N) is 1. The monoisotopic (exact) mass is 343 g/mol. The molecule has 1 aromatic carbocycles. The van der Waals surface area contributed by atoms with Gasteiger partial charge in [-0.25, -0.2) is 0 Å². The Morgan fingerprint density at radius 2 is 1.89 bits per heavy atom. The van der Waals surface area contributed by atoms with E-state index in [-0.39, 0.29) is 10.6 Å². The Morgan fingerprint density at radius 1 is 1.26 bits per heavy atom. The third-order valence-electron chi connectivity index (χ3n) is 2.54. The molecular formula is C14H18BrNO2S. The number of benzene rings is 1. The van der Waals surface area contributed by atoms with E-state index in [0.717, 1.165) is 25.7 Å². The number of rotatable bonds is 7. The van der Waals surface area contributed by atoms with E-state index >= 15 is 0 Å². The van der Waals surface area contributed by atoms with Crippen molar-refractivity contribution in [2.45, 2.75) is 44.4 Å². The number of nitro benzene ring substituents is 1. The van der Waals surface area contributed by atoms with Gasteiger partial charge in [0.15, 0.2) is 0 Å². The smallest absolute Gasteiger partial charge is 0.258 e. The first-order chi connectivity index (χ1) is 9.10. The highest BCUT2D eigenvalue weighted by molar-refractivity contribution is 9.11. The summed E-state index contributed by atoms with van der Waals surface area (Å²) in [5, 5.41) is 11.0. The third kappa shape index (κ3) is 4.99. The molecule has 0 aliphatic carbocycles. The average Bonchev–Trinajstić information content (AvgIpc) is 2.39. The van der Waals surface area contributed by atoms with Gasteiger partial charge >= 0.3 is 0 Å². The molecule has 0 heterocycles. The lowest BCUT2D eigenvalue weighted by Crippen LogP contribution is -1.91. The van der Waals surface area contributed by atoms with Gasteiger partial charge in [0.05, 0.1) is 9.82 Å². The van der Waals surface area contributed by atoms with Gasteiger partial charge < -0.3 is 0 Å². The summed E-state index contributed by atoms with van der Waals surface area (Å²) in [4.78, 5) is 12.6. The summed E-state index contributed by atoms with van der Waals surface area (Å²) in [5.41, 5.74) is 0.179. The van der Waals surface area contributed by atoms with Crippen molar-refractivity contribution in [2.75, 3.05) is 0 Å². The molecule has 0 saturated carbocycles. The molecule has 0 radical (unpaired) electrons. The molecule has 0 aromatic heterocycles. The summed E-state index contributed by atoms with van der Waals surface area (Å²) in [6, 6.07) is 6.91. The molecule has 0 aliphatic heterocycles. The number of hydrogen-bond acceptors (Lipinski definition) is 3. The first-order valence-electron chi connectivity index (χ1n) is 6.38. The largest absolute Gasteiger partial charge is 0.283 e. The molecule has 0 unspecified atom stereocenters. The highest BCUT2D eigenvalue weighted by atomic mass is 79.9. The highest BCUT2D eigenvalue weighted by Gasteiger charge is 2.15. The Hall–Kier alpha value is -0.810. The SMILES string of the molecule is CCC/C(Br)=C(/CCC)Sc1ccccc1[N+](=O)[O-]. The number of thioether (sulfide) groups is 1. The number of halogens is 1. The Morgan fingerprint density at radius 3 is 2.47 bits per heavy atom. The predicted octanol–water partition coefficient (Wildman–Crippen LogP) is 5.89. The molecule has 1 rings (SSSR count). The molecule has 3 nitrogen and oxygen atoms in total. The van der Waals surface area contributed by atoms with Crippen LogP contribution in [-0.2, 0) is 0 Å². The van der Waals surface area contributed by atoms with Crippen LogP contribution in [0, 0.1) is 10.1 Å². The summed E-state index contributed by atoms with van der Waals surface area (Å²) < 4.78 is 1.17. The van der Waals surface area contributed by atoms with Crippen molar-refractivity contribution in [1.82, 2.24) is 0 Å². The van der Waals surface area contributed by atoms with Gasteiger partial charge in [-0.2, -0.15) is 0 Å². The van der Waals surface area contributed by atoms with Gasteiger partial charge in [0, 0.05) is 15.5 Å². The number of hydrogen-bond donors (Lipinski definition) is 0. The van der Waals surface area contributed by atoms with Crippen LogP contribution < -0.4 is 0 Å². The summed E-state index contributed by atoms with van der Waals surface area (Å²) in [7, 11) is 0. The van der Waals surface area contributed by atoms with Gasteiger partial charge in [-0.1, -0.05) is 66.5 Å². The first kappa shape index (κ1) is 16.2. The molecule has 0 bridgehead atoms. The molecule has 19 heavy (non-hydrogen) atoms. The van der Waals surface area contributed by atoms with Crippen molar-refractivity contribution >= 4 is 33.4 Å². The van der Waals surface area contributed by atoms with Crippen LogP contribution in [0.5, 0.6) is 0 Å². The second-order valence-corrected chi connectivity index (χ2v) is 6.25. The van der Waals surface area contributed by atoms with Crippen molar-refractivity contribution < 1.29 is 4.92 Å². The van der Waals surface area contributed by atoms with E-state index in [1.807, 2.05) is 12.1 Å². The van der Waals surface area contributed by atoms with Crippen molar-refractivity contribution in [3.63, 3.8) is 0 Å². The molecule has 0 spiro atoms. The van der Waals surface area contributed by atoms with Gasteiger partial charge in [0.1, 0.15) is 0 Å². The zero-order valence-electron chi connectivity index (χ0n) is 11.2. The zero-order chi connectivity index (χ0) is 14.3. The molecule has 5 heteroatoms. The van der Waals surface area contributed by atoms with Crippen molar-refractivity contribution in [3.8, 4) is 0 Å². The molecule has 1 aromatic rings. The first-order valence-corrected chi connectivity index (χ1v) is 7.99. The summed E-state index contributed by atoms with van der Waals surface area (Å²) >= 11 is 5.12. The van der Waals surface area contributed by atoms with E-state index in [9.17, 15) is 10.1 Å². The second kappa shape index (κ2) is 8.38. The second-order valence-electron chi connectivity index (χ2n) is 4.15. The molecule has 0 amide bonds. The van der Waals surface area contributed by atoms with Gasteiger partial charge in [0.2, 0.25) is 0 Å². The van der Waals surface area contributed by atoms with Crippen LogP contribution in [0.15, 0.2) is 38.5 Å². The minimum atomic E-state index is -0.320. The lowest BCUT2D eigenvalue weighted by atomic mass is 10.2. The topological polar surface area (TPSA) is 43.1 Å². The Bertz CT molecular complexity index is 474. The van der Waals surface area contributed by atoms with Crippen LogP contribution in [0.3, 0.4) is 0 Å². The number of allylic oxidation sites excluding steroid dienone is 2. The predicted molar refractivity (Wildman–Crippen MR) is 84.7 cm³/mol. The van der Waals surface area contributed by atoms with Crippen molar-refractivity contribution in [3.05, 3.63) is 43.8 Å².